The van der Waals surface area contributed by atoms with Gasteiger partial charge in [-0.15, -0.1) is 0 Å². The number of anilines is 2. The zero-order valence-electron chi connectivity index (χ0n) is 9.66. The van der Waals surface area contributed by atoms with Gasteiger partial charge in [-0.25, -0.2) is 0 Å². The summed E-state index contributed by atoms with van der Waals surface area (Å²) < 4.78 is 5.01. The van der Waals surface area contributed by atoms with Crippen molar-refractivity contribution in [3.05, 3.63) is 6.07 Å². The van der Waals surface area contributed by atoms with Crippen LogP contribution in [0.25, 0.3) is 0 Å². The first kappa shape index (κ1) is 11.6. The highest BCUT2D eigenvalue weighted by atomic mass is 16.5. The Bertz CT molecular complexity index is 338. The Balaban J connectivity index is 2.90. The Kier molecular flexibility index (Phi) is 3.34. The maximum atomic E-state index is 5.55. The second-order valence-electron chi connectivity index (χ2n) is 4.02. The van der Waals surface area contributed by atoms with Gasteiger partial charge in [-0.3, -0.25) is 0 Å². The second-order valence-corrected chi connectivity index (χ2v) is 4.02. The molecule has 1 aromatic heterocycles. The molecule has 1 heterocycles. The van der Waals surface area contributed by atoms with Crippen molar-refractivity contribution >= 4 is 11.8 Å². The largest absolute Gasteiger partial charge is 0.481 e. The van der Waals surface area contributed by atoms with Crippen molar-refractivity contribution in [3.8, 4) is 5.88 Å². The number of nitrogens with zero attached hydrogens (tertiary/aromatic N) is 2. The average molecular weight is 210 g/mol. The third-order valence-corrected chi connectivity index (χ3v) is 2.28. The van der Waals surface area contributed by atoms with Crippen molar-refractivity contribution in [2.45, 2.75) is 32.7 Å². The minimum atomic E-state index is -0.0220. The van der Waals surface area contributed by atoms with Gasteiger partial charge in [0.15, 0.2) is 0 Å². The second kappa shape index (κ2) is 4.33. The summed E-state index contributed by atoms with van der Waals surface area (Å²) >= 11 is 0. The SMILES string of the molecule is CCC(C)(C)Nc1cc(OC)nc(N)n1. The Morgan fingerprint density at radius 3 is 2.67 bits per heavy atom. The number of hydrogen-bond donors (Lipinski definition) is 2. The van der Waals surface area contributed by atoms with Crippen LogP contribution in [0.15, 0.2) is 6.07 Å². The number of ether oxygens (including phenoxy) is 1. The maximum absolute atomic E-state index is 5.55. The highest BCUT2D eigenvalue weighted by molar-refractivity contribution is 5.44. The highest BCUT2D eigenvalue weighted by Gasteiger charge is 2.15. The van der Waals surface area contributed by atoms with Crippen molar-refractivity contribution < 1.29 is 4.74 Å². The van der Waals surface area contributed by atoms with E-state index < -0.39 is 0 Å². The summed E-state index contributed by atoms with van der Waals surface area (Å²) in [6.07, 6.45) is 0.985. The van der Waals surface area contributed by atoms with Crippen molar-refractivity contribution in [1.29, 1.82) is 0 Å². The molecule has 0 fully saturated rings. The van der Waals surface area contributed by atoms with Gasteiger partial charge in [-0.05, 0) is 20.3 Å². The molecule has 0 aliphatic heterocycles. The number of methoxy groups -OCH3 is 1. The average Bonchev–Trinajstić information content (AvgIpc) is 2.16. The zero-order chi connectivity index (χ0) is 11.5. The van der Waals surface area contributed by atoms with Crippen LogP contribution in [0.1, 0.15) is 27.2 Å². The fourth-order valence-corrected chi connectivity index (χ4v) is 1.05. The summed E-state index contributed by atoms with van der Waals surface area (Å²) in [6, 6.07) is 1.73. The van der Waals surface area contributed by atoms with E-state index in [0.717, 1.165) is 6.42 Å². The van der Waals surface area contributed by atoms with Gasteiger partial charge in [0.05, 0.1) is 7.11 Å². The number of rotatable bonds is 4. The highest BCUT2D eigenvalue weighted by Crippen LogP contribution is 2.19. The Labute approximate surface area is 90.1 Å². The van der Waals surface area contributed by atoms with Crippen LogP contribution in [-0.4, -0.2) is 22.6 Å². The zero-order valence-corrected chi connectivity index (χ0v) is 9.66. The van der Waals surface area contributed by atoms with Crippen LogP contribution in [0, 0.1) is 0 Å². The van der Waals surface area contributed by atoms with Gasteiger partial charge < -0.3 is 15.8 Å². The molecule has 0 aromatic carbocycles. The topological polar surface area (TPSA) is 73.1 Å². The first-order chi connectivity index (χ1) is 6.96. The van der Waals surface area contributed by atoms with E-state index in [2.05, 4.69) is 36.1 Å². The first-order valence-corrected chi connectivity index (χ1v) is 4.93. The third-order valence-electron chi connectivity index (χ3n) is 2.28. The van der Waals surface area contributed by atoms with Crippen LogP contribution < -0.4 is 15.8 Å². The summed E-state index contributed by atoms with van der Waals surface area (Å²) in [7, 11) is 1.55. The molecule has 1 aromatic rings. The lowest BCUT2D eigenvalue weighted by molar-refractivity contribution is 0.397. The molecule has 15 heavy (non-hydrogen) atoms. The molecule has 1 rings (SSSR count). The predicted octanol–water partition coefficient (Wildman–Crippen LogP) is 1.67. The molecule has 3 N–H and O–H groups in total. The number of nitrogen functional groups attached to an aromatic ring is 1. The van der Waals surface area contributed by atoms with Crippen molar-refractivity contribution in [2.24, 2.45) is 0 Å². The van der Waals surface area contributed by atoms with E-state index in [9.17, 15) is 0 Å². The molecular weight excluding hydrogens is 192 g/mol. The monoisotopic (exact) mass is 210 g/mol. The fourth-order valence-electron chi connectivity index (χ4n) is 1.05. The molecule has 84 valence electrons. The molecule has 0 unspecified atom stereocenters. The standard InChI is InChI=1S/C10H18N4O/c1-5-10(2,3)14-7-6-8(15-4)13-9(11)12-7/h6H,5H2,1-4H3,(H3,11,12,13,14). The third kappa shape index (κ3) is 3.27. The lowest BCUT2D eigenvalue weighted by Gasteiger charge is -2.25. The first-order valence-electron chi connectivity index (χ1n) is 4.93. The predicted molar refractivity (Wildman–Crippen MR) is 61.0 cm³/mol. The number of aromatic nitrogens is 2. The molecule has 0 saturated heterocycles. The van der Waals surface area contributed by atoms with E-state index in [1.54, 1.807) is 13.2 Å². The van der Waals surface area contributed by atoms with E-state index in [1.807, 2.05) is 0 Å². The van der Waals surface area contributed by atoms with Crippen LogP contribution in [0.3, 0.4) is 0 Å². The van der Waals surface area contributed by atoms with Crippen molar-refractivity contribution in [2.75, 3.05) is 18.2 Å². The van der Waals surface area contributed by atoms with Crippen molar-refractivity contribution in [1.82, 2.24) is 9.97 Å². The Hall–Kier alpha value is -1.52. The van der Waals surface area contributed by atoms with Crippen LogP contribution in [-0.2, 0) is 0 Å². The summed E-state index contributed by atoms with van der Waals surface area (Å²) in [4.78, 5) is 8.00. The normalized spacial score (nSPS) is 11.2. The van der Waals surface area contributed by atoms with E-state index in [1.165, 1.54) is 0 Å². The molecule has 5 nitrogen and oxygen atoms in total. The molecule has 5 heteroatoms. The Morgan fingerprint density at radius 1 is 1.47 bits per heavy atom. The number of nitrogens with one attached hydrogen (secondary N) is 1. The molecule has 0 bridgehead atoms. The molecular formula is C10H18N4O. The van der Waals surface area contributed by atoms with Crippen LogP contribution in [0.5, 0.6) is 5.88 Å². The number of hydrogen-bond acceptors (Lipinski definition) is 5. The molecule has 0 atom stereocenters. The smallest absolute Gasteiger partial charge is 0.225 e. The molecule has 0 spiro atoms. The van der Waals surface area contributed by atoms with Gasteiger partial charge >= 0.3 is 0 Å². The minimum Gasteiger partial charge on any atom is -0.481 e. The maximum Gasteiger partial charge on any atom is 0.225 e. The summed E-state index contributed by atoms with van der Waals surface area (Å²) in [5.74, 6) is 1.37. The van der Waals surface area contributed by atoms with Crippen LogP contribution in [0.4, 0.5) is 11.8 Å². The van der Waals surface area contributed by atoms with Gasteiger partial charge in [-0.2, -0.15) is 9.97 Å². The van der Waals surface area contributed by atoms with Gasteiger partial charge in [0.1, 0.15) is 5.82 Å². The lowest BCUT2D eigenvalue weighted by Crippen LogP contribution is -2.30. The van der Waals surface area contributed by atoms with E-state index in [-0.39, 0.29) is 11.5 Å². The number of nitrogens with two attached hydrogens (primary N) is 1. The minimum absolute atomic E-state index is 0.0220. The van der Waals surface area contributed by atoms with Gasteiger partial charge in [-0.1, -0.05) is 6.92 Å². The quantitative estimate of drug-likeness (QED) is 0.790. The molecule has 0 saturated carbocycles. The van der Waals surface area contributed by atoms with E-state index in [0.29, 0.717) is 11.7 Å². The van der Waals surface area contributed by atoms with E-state index >= 15 is 0 Å². The lowest BCUT2D eigenvalue weighted by atomic mass is 10.0. The summed E-state index contributed by atoms with van der Waals surface area (Å²) in [5, 5.41) is 3.27. The summed E-state index contributed by atoms with van der Waals surface area (Å²) in [5.41, 5.74) is 5.53. The molecule has 0 aliphatic rings. The summed E-state index contributed by atoms with van der Waals surface area (Å²) in [6.45, 7) is 6.30. The van der Waals surface area contributed by atoms with Crippen molar-refractivity contribution in [3.63, 3.8) is 0 Å². The van der Waals surface area contributed by atoms with Gasteiger partial charge in [0.25, 0.3) is 0 Å². The molecule has 0 radical (unpaired) electrons. The molecule has 0 amide bonds. The van der Waals surface area contributed by atoms with Crippen LogP contribution >= 0.6 is 0 Å². The van der Waals surface area contributed by atoms with Gasteiger partial charge in [0, 0.05) is 11.6 Å². The fraction of sp³-hybridized carbons (Fsp3) is 0.600. The molecule has 0 aliphatic carbocycles. The Morgan fingerprint density at radius 2 is 2.13 bits per heavy atom. The van der Waals surface area contributed by atoms with Crippen LogP contribution in [0.2, 0.25) is 0 Å². The van der Waals surface area contributed by atoms with E-state index in [4.69, 9.17) is 10.5 Å². The van der Waals surface area contributed by atoms with Gasteiger partial charge in [0.2, 0.25) is 11.8 Å².